The first-order valence-corrected chi connectivity index (χ1v) is 9.84. The quantitative estimate of drug-likeness (QED) is 0.171. The molecule has 0 unspecified atom stereocenters. The van der Waals surface area contributed by atoms with Gasteiger partial charge >= 0.3 is 11.7 Å². The van der Waals surface area contributed by atoms with Gasteiger partial charge in [0.05, 0.1) is 29.2 Å². The van der Waals surface area contributed by atoms with Crippen molar-refractivity contribution in [3.63, 3.8) is 0 Å². The van der Waals surface area contributed by atoms with Crippen molar-refractivity contribution in [2.75, 3.05) is 7.11 Å². The number of carbonyl (C=O) groups excluding carboxylic acids is 1. The standard InChI is InChI=1S/C20H17BrN4O6/c1-4-18-23-15-6-5-13(21)9-14(15)20(27)24(18)22-10-12-7-16(25(28)29)19(31-11(2)26)17(8-12)30-3/h5-10H,4H2,1-3H3. The molecule has 0 saturated carbocycles. The van der Waals surface area contributed by atoms with Gasteiger partial charge in [-0.25, -0.2) is 4.98 Å². The Morgan fingerprint density at radius 1 is 1.35 bits per heavy atom. The van der Waals surface area contributed by atoms with Gasteiger partial charge in [0, 0.05) is 29.4 Å². The van der Waals surface area contributed by atoms with Crippen molar-refractivity contribution in [3.8, 4) is 11.5 Å². The fraction of sp³-hybridized carbons (Fsp3) is 0.200. The van der Waals surface area contributed by atoms with Gasteiger partial charge in [-0.1, -0.05) is 22.9 Å². The second-order valence-corrected chi connectivity index (χ2v) is 7.24. The third kappa shape index (κ3) is 4.61. The zero-order valence-electron chi connectivity index (χ0n) is 16.8. The molecule has 0 amide bonds. The topological polar surface area (TPSA) is 126 Å². The van der Waals surface area contributed by atoms with Crippen molar-refractivity contribution in [1.29, 1.82) is 0 Å². The Kier molecular flexibility index (Phi) is 6.44. The lowest BCUT2D eigenvalue weighted by Crippen LogP contribution is -2.22. The minimum Gasteiger partial charge on any atom is -0.493 e. The van der Waals surface area contributed by atoms with Crippen LogP contribution in [0.25, 0.3) is 10.9 Å². The monoisotopic (exact) mass is 488 g/mol. The van der Waals surface area contributed by atoms with Gasteiger partial charge in [-0.2, -0.15) is 9.78 Å². The van der Waals surface area contributed by atoms with E-state index in [0.29, 0.717) is 23.1 Å². The van der Waals surface area contributed by atoms with Crippen LogP contribution in [0.1, 0.15) is 25.2 Å². The number of fused-ring (bicyclic) bond motifs is 1. The van der Waals surface area contributed by atoms with E-state index < -0.39 is 16.6 Å². The Hall–Kier alpha value is -3.60. The van der Waals surface area contributed by atoms with Crippen LogP contribution in [0.4, 0.5) is 5.69 Å². The van der Waals surface area contributed by atoms with E-state index in [-0.39, 0.29) is 22.6 Å². The summed E-state index contributed by atoms with van der Waals surface area (Å²) in [5.74, 6) is -0.625. The number of rotatable bonds is 6. The van der Waals surface area contributed by atoms with Crippen LogP contribution in [0.2, 0.25) is 0 Å². The van der Waals surface area contributed by atoms with Gasteiger partial charge in [-0.3, -0.25) is 19.7 Å². The highest BCUT2D eigenvalue weighted by molar-refractivity contribution is 9.10. The normalized spacial score (nSPS) is 11.1. The number of benzene rings is 2. The highest BCUT2D eigenvalue weighted by Gasteiger charge is 2.23. The molecular weight excluding hydrogens is 472 g/mol. The smallest absolute Gasteiger partial charge is 0.316 e. The zero-order valence-corrected chi connectivity index (χ0v) is 18.4. The predicted molar refractivity (Wildman–Crippen MR) is 117 cm³/mol. The molecule has 0 atom stereocenters. The van der Waals surface area contributed by atoms with E-state index in [0.717, 1.165) is 16.1 Å². The van der Waals surface area contributed by atoms with E-state index in [1.54, 1.807) is 18.2 Å². The SMILES string of the molecule is CCc1nc2ccc(Br)cc2c(=O)n1N=Cc1cc(OC)c(OC(C)=O)c([N+](=O)[O-])c1. The van der Waals surface area contributed by atoms with Crippen LogP contribution in [0, 0.1) is 10.1 Å². The summed E-state index contributed by atoms with van der Waals surface area (Å²) in [4.78, 5) is 39.5. The molecule has 10 nitrogen and oxygen atoms in total. The van der Waals surface area contributed by atoms with Gasteiger partial charge in [0.25, 0.3) is 5.56 Å². The van der Waals surface area contributed by atoms with Gasteiger partial charge < -0.3 is 9.47 Å². The lowest BCUT2D eigenvalue weighted by Gasteiger charge is -2.10. The summed E-state index contributed by atoms with van der Waals surface area (Å²) < 4.78 is 11.9. The third-order valence-electron chi connectivity index (χ3n) is 4.23. The lowest BCUT2D eigenvalue weighted by atomic mass is 10.2. The molecule has 0 N–H and O–H groups in total. The fourth-order valence-corrected chi connectivity index (χ4v) is 3.24. The number of carbonyl (C=O) groups is 1. The van der Waals surface area contributed by atoms with E-state index in [9.17, 15) is 19.7 Å². The lowest BCUT2D eigenvalue weighted by molar-refractivity contribution is -0.385. The number of ether oxygens (including phenoxy) is 2. The van der Waals surface area contributed by atoms with Crippen molar-refractivity contribution < 1.29 is 19.2 Å². The number of aromatic nitrogens is 2. The molecule has 0 aliphatic carbocycles. The van der Waals surface area contributed by atoms with Gasteiger partial charge in [-0.05, 0) is 24.3 Å². The van der Waals surface area contributed by atoms with E-state index in [1.807, 2.05) is 6.92 Å². The van der Waals surface area contributed by atoms with Crippen LogP contribution >= 0.6 is 15.9 Å². The number of hydrogen-bond donors (Lipinski definition) is 0. The van der Waals surface area contributed by atoms with Crippen LogP contribution < -0.4 is 15.0 Å². The van der Waals surface area contributed by atoms with Gasteiger partial charge in [0.1, 0.15) is 5.82 Å². The molecular formula is C20H17BrN4O6. The molecule has 11 heteroatoms. The van der Waals surface area contributed by atoms with Gasteiger partial charge in [-0.15, -0.1) is 0 Å². The number of nitrogens with zero attached hydrogens (tertiary/aromatic N) is 4. The highest BCUT2D eigenvalue weighted by atomic mass is 79.9. The van der Waals surface area contributed by atoms with Crippen molar-refractivity contribution in [1.82, 2.24) is 9.66 Å². The number of esters is 1. The van der Waals surface area contributed by atoms with Crippen molar-refractivity contribution in [2.45, 2.75) is 20.3 Å². The molecule has 0 spiro atoms. The van der Waals surface area contributed by atoms with Crippen molar-refractivity contribution in [3.05, 3.63) is 66.7 Å². The van der Waals surface area contributed by atoms with Crippen molar-refractivity contribution >= 4 is 44.7 Å². The molecule has 0 fully saturated rings. The summed E-state index contributed by atoms with van der Waals surface area (Å²) in [6.07, 6.45) is 1.71. The van der Waals surface area contributed by atoms with Gasteiger partial charge in [0.15, 0.2) is 5.75 Å². The third-order valence-corrected chi connectivity index (χ3v) is 4.73. The summed E-state index contributed by atoms with van der Waals surface area (Å²) in [7, 11) is 1.29. The Labute approximate surface area is 184 Å². The molecule has 2 aromatic carbocycles. The minimum atomic E-state index is -0.727. The Balaban J connectivity index is 2.15. The molecule has 31 heavy (non-hydrogen) atoms. The number of nitro groups is 1. The first-order valence-electron chi connectivity index (χ1n) is 9.05. The number of nitro benzene ring substituents is 1. The Morgan fingerprint density at radius 2 is 2.10 bits per heavy atom. The summed E-state index contributed by atoms with van der Waals surface area (Å²) in [6.45, 7) is 2.96. The zero-order chi connectivity index (χ0) is 22.7. The molecule has 1 aromatic heterocycles. The van der Waals surface area contributed by atoms with E-state index in [1.165, 1.54) is 25.5 Å². The van der Waals surface area contributed by atoms with Crippen molar-refractivity contribution in [2.24, 2.45) is 5.10 Å². The number of methoxy groups -OCH3 is 1. The van der Waals surface area contributed by atoms with Crippen LogP contribution in [0.3, 0.4) is 0 Å². The Bertz CT molecular complexity index is 1280. The fourth-order valence-electron chi connectivity index (χ4n) is 2.88. The summed E-state index contributed by atoms with van der Waals surface area (Å²) in [5, 5.41) is 16.1. The Morgan fingerprint density at radius 3 is 2.71 bits per heavy atom. The molecule has 3 rings (SSSR count). The summed E-state index contributed by atoms with van der Waals surface area (Å²) >= 11 is 3.34. The van der Waals surface area contributed by atoms with Gasteiger partial charge in [0.2, 0.25) is 5.75 Å². The highest BCUT2D eigenvalue weighted by Crippen LogP contribution is 2.38. The molecule has 0 radical (unpaired) electrons. The molecule has 0 aliphatic rings. The van der Waals surface area contributed by atoms with Crippen LogP contribution in [0.5, 0.6) is 11.5 Å². The largest absolute Gasteiger partial charge is 0.493 e. The maximum atomic E-state index is 13.0. The number of halogens is 1. The first kappa shape index (κ1) is 22.1. The molecule has 0 bridgehead atoms. The molecule has 0 saturated heterocycles. The summed E-state index contributed by atoms with van der Waals surface area (Å²) in [6, 6.07) is 7.76. The average Bonchev–Trinajstić information content (AvgIpc) is 2.73. The van der Waals surface area contributed by atoms with E-state index in [4.69, 9.17) is 9.47 Å². The second-order valence-electron chi connectivity index (χ2n) is 6.33. The molecule has 0 aliphatic heterocycles. The predicted octanol–water partition coefficient (Wildman–Crippen LogP) is 3.45. The number of aryl methyl sites for hydroxylation is 1. The maximum Gasteiger partial charge on any atom is 0.316 e. The summed E-state index contributed by atoms with van der Waals surface area (Å²) in [5.41, 5.74) is -0.0423. The van der Waals surface area contributed by atoms with Crippen LogP contribution in [-0.2, 0) is 11.2 Å². The van der Waals surface area contributed by atoms with E-state index >= 15 is 0 Å². The average molecular weight is 489 g/mol. The minimum absolute atomic E-state index is 0.0190. The molecule has 160 valence electrons. The van der Waals surface area contributed by atoms with E-state index in [2.05, 4.69) is 26.0 Å². The second kappa shape index (κ2) is 9.04. The van der Waals surface area contributed by atoms with Crippen LogP contribution in [0.15, 0.2) is 44.7 Å². The molecule has 1 heterocycles. The molecule has 3 aromatic rings. The maximum absolute atomic E-state index is 13.0. The first-order chi connectivity index (χ1) is 14.7. The van der Waals surface area contributed by atoms with Crippen LogP contribution in [-0.4, -0.2) is 33.9 Å². The number of hydrogen-bond acceptors (Lipinski definition) is 8.